The van der Waals surface area contributed by atoms with Gasteiger partial charge in [-0.2, -0.15) is 0 Å². The summed E-state index contributed by atoms with van der Waals surface area (Å²) < 4.78 is 6.38. The van der Waals surface area contributed by atoms with E-state index in [2.05, 4.69) is 50.2 Å². The second-order valence-electron chi connectivity index (χ2n) is 6.06. The van der Waals surface area contributed by atoms with Crippen molar-refractivity contribution in [3.63, 3.8) is 0 Å². The first kappa shape index (κ1) is 15.4. The minimum Gasteiger partial charge on any atom is -0.364 e. The van der Waals surface area contributed by atoms with Crippen molar-refractivity contribution in [3.8, 4) is 0 Å². The topological polar surface area (TPSA) is 29.5 Å². The van der Waals surface area contributed by atoms with E-state index >= 15 is 0 Å². The number of aldehydes is 1. The molecule has 2 aromatic rings. The Morgan fingerprint density at radius 2 is 2.09 bits per heavy atom. The van der Waals surface area contributed by atoms with Crippen LogP contribution in [0.2, 0.25) is 0 Å². The monoisotopic (exact) mass is 315 g/mol. The number of nitrogens with zero attached hydrogens (tertiary/aromatic N) is 1. The van der Waals surface area contributed by atoms with Gasteiger partial charge >= 0.3 is 0 Å². The van der Waals surface area contributed by atoms with Crippen LogP contribution in [0.3, 0.4) is 0 Å². The summed E-state index contributed by atoms with van der Waals surface area (Å²) in [5, 5.41) is 0. The summed E-state index contributed by atoms with van der Waals surface area (Å²) in [6.07, 6.45) is 1.87. The van der Waals surface area contributed by atoms with Gasteiger partial charge in [-0.15, -0.1) is 11.3 Å². The van der Waals surface area contributed by atoms with Crippen LogP contribution < -0.4 is 0 Å². The molecule has 0 spiro atoms. The molecule has 3 rings (SSSR count). The van der Waals surface area contributed by atoms with Gasteiger partial charge in [-0.05, 0) is 44.6 Å². The Hall–Kier alpha value is -1.49. The van der Waals surface area contributed by atoms with E-state index < -0.39 is 5.60 Å². The Balaban J connectivity index is 2.22. The molecule has 0 radical (unpaired) electrons. The van der Waals surface area contributed by atoms with Crippen LogP contribution in [0.5, 0.6) is 0 Å². The zero-order chi connectivity index (χ0) is 15.7. The fraction of sp³-hybridized carbons (Fsp3) is 0.389. The molecular formula is C18H21NO2S. The third-order valence-electron chi connectivity index (χ3n) is 4.20. The van der Waals surface area contributed by atoms with Gasteiger partial charge in [0.15, 0.2) is 6.29 Å². The first-order valence-corrected chi connectivity index (χ1v) is 8.31. The number of rotatable bonds is 4. The smallest absolute Gasteiger partial charge is 0.160 e. The Morgan fingerprint density at radius 1 is 1.32 bits per heavy atom. The summed E-state index contributed by atoms with van der Waals surface area (Å²) in [6, 6.07) is 10.5. The summed E-state index contributed by atoms with van der Waals surface area (Å²) in [7, 11) is 4.12. The number of thiophene rings is 1. The van der Waals surface area contributed by atoms with E-state index in [9.17, 15) is 4.79 Å². The number of fused-ring (bicyclic) bond motifs is 1. The lowest BCUT2D eigenvalue weighted by Gasteiger charge is -2.41. The average molecular weight is 315 g/mol. The maximum absolute atomic E-state index is 11.2. The van der Waals surface area contributed by atoms with E-state index in [0.717, 1.165) is 34.6 Å². The molecule has 1 aliphatic heterocycles. The third-order valence-corrected chi connectivity index (χ3v) is 5.18. The standard InChI is InChI=1S/C18H21NO2S/c1-13-17(10-15(11-20)22-13)18(12-19(2)3)16-7-5-4-6-14(16)8-9-21-18/h4-7,10-11H,8-9,12H2,1-3H3. The Morgan fingerprint density at radius 3 is 2.77 bits per heavy atom. The van der Waals surface area contributed by atoms with Crippen molar-refractivity contribution in [2.45, 2.75) is 18.9 Å². The predicted molar refractivity (Wildman–Crippen MR) is 89.9 cm³/mol. The predicted octanol–water partition coefficient (Wildman–Crippen LogP) is 3.25. The number of carbonyl (C=O) groups excluding carboxylic acids is 1. The van der Waals surface area contributed by atoms with Gasteiger partial charge in [0.1, 0.15) is 5.60 Å². The number of ether oxygens (including phenoxy) is 1. The van der Waals surface area contributed by atoms with Gasteiger partial charge in [-0.3, -0.25) is 4.79 Å². The minimum atomic E-state index is -0.486. The molecule has 22 heavy (non-hydrogen) atoms. The number of carbonyl (C=O) groups is 1. The van der Waals surface area contributed by atoms with E-state index in [0.29, 0.717) is 6.61 Å². The highest BCUT2D eigenvalue weighted by Crippen LogP contribution is 2.43. The van der Waals surface area contributed by atoms with Gasteiger partial charge in [-0.25, -0.2) is 0 Å². The van der Waals surface area contributed by atoms with E-state index in [1.165, 1.54) is 11.1 Å². The highest BCUT2D eigenvalue weighted by molar-refractivity contribution is 7.13. The SMILES string of the molecule is Cc1sc(C=O)cc1C1(CN(C)C)OCCc2ccccc21. The minimum absolute atomic E-state index is 0.486. The average Bonchev–Trinajstić information content (AvgIpc) is 2.89. The van der Waals surface area contributed by atoms with Crippen LogP contribution in [0.25, 0.3) is 0 Å². The fourth-order valence-electron chi connectivity index (χ4n) is 3.39. The molecule has 1 aromatic heterocycles. The first-order chi connectivity index (χ1) is 10.6. The van der Waals surface area contributed by atoms with Gasteiger partial charge in [0.25, 0.3) is 0 Å². The van der Waals surface area contributed by atoms with Crippen LogP contribution in [0.4, 0.5) is 0 Å². The molecule has 0 N–H and O–H groups in total. The molecule has 1 aliphatic rings. The highest BCUT2D eigenvalue weighted by atomic mass is 32.1. The van der Waals surface area contributed by atoms with Crippen molar-refractivity contribution >= 4 is 17.6 Å². The molecule has 1 aromatic carbocycles. The summed E-state index contributed by atoms with van der Waals surface area (Å²) >= 11 is 1.54. The molecule has 3 nitrogen and oxygen atoms in total. The zero-order valence-corrected chi connectivity index (χ0v) is 14.1. The molecule has 0 aliphatic carbocycles. The lowest BCUT2D eigenvalue weighted by molar-refractivity contribution is -0.0435. The number of likely N-dealkylation sites (N-methyl/N-ethyl adjacent to an activating group) is 1. The molecule has 1 atom stereocenters. The van der Waals surface area contributed by atoms with Crippen LogP contribution in [0.1, 0.15) is 31.2 Å². The first-order valence-electron chi connectivity index (χ1n) is 7.50. The Bertz CT molecular complexity index is 692. The Kier molecular flexibility index (Phi) is 4.17. The van der Waals surface area contributed by atoms with Gasteiger partial charge in [-0.1, -0.05) is 24.3 Å². The third kappa shape index (κ3) is 2.51. The maximum atomic E-state index is 11.2. The van der Waals surface area contributed by atoms with Crippen molar-refractivity contribution in [1.82, 2.24) is 4.90 Å². The van der Waals surface area contributed by atoms with Gasteiger partial charge in [0, 0.05) is 17.0 Å². The second-order valence-corrected chi connectivity index (χ2v) is 7.34. The van der Waals surface area contributed by atoms with Gasteiger partial charge in [0.05, 0.1) is 11.5 Å². The van der Waals surface area contributed by atoms with Crippen LogP contribution in [0, 0.1) is 6.92 Å². The molecule has 2 heterocycles. The van der Waals surface area contributed by atoms with E-state index in [4.69, 9.17) is 4.74 Å². The summed E-state index contributed by atoms with van der Waals surface area (Å²) in [5.74, 6) is 0. The van der Waals surface area contributed by atoms with Crippen molar-refractivity contribution in [3.05, 3.63) is 56.8 Å². The lowest BCUT2D eigenvalue weighted by Crippen LogP contribution is -2.44. The molecule has 0 bridgehead atoms. The normalized spacial score (nSPS) is 20.9. The fourth-order valence-corrected chi connectivity index (χ4v) is 4.31. The highest BCUT2D eigenvalue weighted by Gasteiger charge is 2.41. The lowest BCUT2D eigenvalue weighted by atomic mass is 9.80. The van der Waals surface area contributed by atoms with Crippen LogP contribution in [0.15, 0.2) is 30.3 Å². The van der Waals surface area contributed by atoms with Crippen molar-refractivity contribution in [2.24, 2.45) is 0 Å². The molecule has 1 unspecified atom stereocenters. The summed E-state index contributed by atoms with van der Waals surface area (Å²) in [6.45, 7) is 3.54. The van der Waals surface area contributed by atoms with Crippen LogP contribution in [-0.4, -0.2) is 38.4 Å². The second kappa shape index (κ2) is 5.95. The molecule has 0 saturated heterocycles. The van der Waals surface area contributed by atoms with Crippen LogP contribution >= 0.6 is 11.3 Å². The summed E-state index contributed by atoms with van der Waals surface area (Å²) in [5.41, 5.74) is 3.21. The molecule has 4 heteroatoms. The zero-order valence-electron chi connectivity index (χ0n) is 13.3. The van der Waals surface area contributed by atoms with Crippen LogP contribution in [-0.2, 0) is 16.8 Å². The van der Waals surface area contributed by atoms with Gasteiger partial charge in [0.2, 0.25) is 0 Å². The molecular weight excluding hydrogens is 294 g/mol. The number of hydrogen-bond donors (Lipinski definition) is 0. The molecule has 0 amide bonds. The Labute approximate surface area is 135 Å². The summed E-state index contributed by atoms with van der Waals surface area (Å²) in [4.78, 5) is 15.3. The van der Waals surface area contributed by atoms with Crippen molar-refractivity contribution in [1.29, 1.82) is 0 Å². The molecule has 0 fully saturated rings. The maximum Gasteiger partial charge on any atom is 0.160 e. The van der Waals surface area contributed by atoms with E-state index in [1.807, 2.05) is 6.07 Å². The number of aryl methyl sites for hydroxylation is 1. The molecule has 0 saturated carbocycles. The number of benzene rings is 1. The largest absolute Gasteiger partial charge is 0.364 e. The van der Waals surface area contributed by atoms with Crippen molar-refractivity contribution < 1.29 is 9.53 Å². The van der Waals surface area contributed by atoms with Gasteiger partial charge < -0.3 is 9.64 Å². The van der Waals surface area contributed by atoms with E-state index in [1.54, 1.807) is 11.3 Å². The van der Waals surface area contributed by atoms with Crippen molar-refractivity contribution in [2.75, 3.05) is 27.2 Å². The quantitative estimate of drug-likeness (QED) is 0.811. The molecule has 116 valence electrons. The van der Waals surface area contributed by atoms with E-state index in [-0.39, 0.29) is 0 Å². The number of hydrogen-bond acceptors (Lipinski definition) is 4.